The molecule has 9 heteroatoms. The number of hydrogen-bond acceptors (Lipinski definition) is 6. The summed E-state index contributed by atoms with van der Waals surface area (Å²) < 4.78 is 0.987. The van der Waals surface area contributed by atoms with Gasteiger partial charge < -0.3 is 10.4 Å². The number of rotatable bonds is 3. The first kappa shape index (κ1) is 15.2. The van der Waals surface area contributed by atoms with E-state index in [1.165, 1.54) is 11.3 Å². The fraction of sp³-hybridized carbons (Fsp3) is 0.273. The van der Waals surface area contributed by atoms with Crippen LogP contribution in [-0.4, -0.2) is 33.1 Å². The molecule has 1 amide bonds. The molecule has 6 nitrogen and oxygen atoms in total. The number of carbonyl (C=O) groups is 2. The molecule has 2 rings (SSSR count). The van der Waals surface area contributed by atoms with Crippen molar-refractivity contribution in [2.24, 2.45) is 10.2 Å². The van der Waals surface area contributed by atoms with Crippen molar-refractivity contribution in [3.05, 3.63) is 20.8 Å². The molecule has 0 radical (unpaired) electrons. The second-order valence-corrected chi connectivity index (χ2v) is 7.55. The molecule has 1 aromatic heterocycles. The third kappa shape index (κ3) is 3.90. The summed E-state index contributed by atoms with van der Waals surface area (Å²) in [5, 5.41) is 18.8. The maximum Gasteiger partial charge on any atom is 0.317 e. The van der Waals surface area contributed by atoms with Crippen LogP contribution in [-0.2, 0) is 9.59 Å². The molecule has 1 atom stereocenters. The van der Waals surface area contributed by atoms with Gasteiger partial charge in [0.2, 0.25) is 5.91 Å². The molecule has 1 saturated heterocycles. The van der Waals surface area contributed by atoms with Gasteiger partial charge in [0.05, 0.1) is 14.4 Å². The third-order valence-electron chi connectivity index (χ3n) is 2.37. The molecular weight excluding hydrogens is 366 g/mol. The lowest BCUT2D eigenvalue weighted by molar-refractivity contribution is -0.138. The summed E-state index contributed by atoms with van der Waals surface area (Å²) in [6, 6.07) is 3.81. The van der Waals surface area contributed by atoms with Gasteiger partial charge in [0.1, 0.15) is 5.25 Å². The zero-order valence-electron chi connectivity index (χ0n) is 10.3. The van der Waals surface area contributed by atoms with Crippen LogP contribution < -0.4 is 5.32 Å². The minimum Gasteiger partial charge on any atom is -0.480 e. The van der Waals surface area contributed by atoms with Gasteiger partial charge in [0.15, 0.2) is 5.17 Å². The Labute approximate surface area is 131 Å². The monoisotopic (exact) mass is 375 g/mol. The van der Waals surface area contributed by atoms with Gasteiger partial charge in [-0.15, -0.1) is 16.4 Å². The molecular formula is C11H10BrN3O3S2. The molecule has 0 aromatic carbocycles. The maximum atomic E-state index is 11.4. The Morgan fingerprint density at radius 3 is 2.90 bits per heavy atom. The van der Waals surface area contributed by atoms with E-state index in [-0.39, 0.29) is 17.5 Å². The number of carbonyl (C=O) groups excluding carboxylic acids is 1. The number of nitrogens with one attached hydrogen (secondary N) is 1. The summed E-state index contributed by atoms with van der Waals surface area (Å²) in [5.41, 5.74) is 0.695. The first-order valence-electron chi connectivity index (χ1n) is 5.53. The van der Waals surface area contributed by atoms with Crippen molar-refractivity contribution >= 4 is 61.8 Å². The van der Waals surface area contributed by atoms with E-state index >= 15 is 0 Å². The number of thioether (sulfide) groups is 1. The first-order valence-corrected chi connectivity index (χ1v) is 8.02. The molecule has 1 aliphatic heterocycles. The number of aliphatic carboxylic acids is 1. The molecule has 1 fully saturated rings. The van der Waals surface area contributed by atoms with E-state index in [0.29, 0.717) is 5.71 Å². The molecule has 1 aliphatic rings. The number of thiophene rings is 1. The molecule has 0 unspecified atom stereocenters. The Kier molecular flexibility index (Phi) is 4.95. The SMILES string of the molecule is C/C(=N/N=C1\NC(=O)C[C@@H](C(=O)O)S1)c1ccc(Br)s1. The predicted molar refractivity (Wildman–Crippen MR) is 83.4 cm³/mol. The zero-order valence-corrected chi connectivity index (χ0v) is 13.5. The van der Waals surface area contributed by atoms with Gasteiger partial charge in [-0.2, -0.15) is 5.10 Å². The molecule has 1 aromatic rings. The first-order chi connectivity index (χ1) is 9.45. The van der Waals surface area contributed by atoms with Gasteiger partial charge in [-0.1, -0.05) is 11.8 Å². The average Bonchev–Trinajstić information content (AvgIpc) is 2.82. The summed E-state index contributed by atoms with van der Waals surface area (Å²) in [6.45, 7) is 1.80. The highest BCUT2D eigenvalue weighted by molar-refractivity contribution is 9.11. The summed E-state index contributed by atoms with van der Waals surface area (Å²) in [7, 11) is 0. The lowest BCUT2D eigenvalue weighted by Crippen LogP contribution is -2.40. The van der Waals surface area contributed by atoms with Crippen LogP contribution in [0.25, 0.3) is 0 Å². The highest BCUT2D eigenvalue weighted by atomic mass is 79.9. The highest BCUT2D eigenvalue weighted by Gasteiger charge is 2.29. The number of carboxylic acids is 1. The van der Waals surface area contributed by atoms with E-state index in [4.69, 9.17) is 5.11 Å². The Morgan fingerprint density at radius 1 is 1.55 bits per heavy atom. The van der Waals surface area contributed by atoms with Crippen LogP contribution in [0.1, 0.15) is 18.2 Å². The number of amides is 1. The number of carboxylic acid groups (broad SMARTS) is 1. The van der Waals surface area contributed by atoms with Gasteiger partial charge >= 0.3 is 5.97 Å². The molecule has 0 aliphatic carbocycles. The van der Waals surface area contributed by atoms with Crippen LogP contribution in [0.15, 0.2) is 26.1 Å². The lowest BCUT2D eigenvalue weighted by Gasteiger charge is -2.18. The molecule has 0 spiro atoms. The fourth-order valence-corrected chi connectivity index (χ4v) is 3.60. The number of hydrogen-bond donors (Lipinski definition) is 2. The maximum absolute atomic E-state index is 11.4. The van der Waals surface area contributed by atoms with E-state index in [1.807, 2.05) is 12.1 Å². The van der Waals surface area contributed by atoms with Crippen molar-refractivity contribution in [1.82, 2.24) is 5.32 Å². The molecule has 106 valence electrons. The van der Waals surface area contributed by atoms with E-state index in [0.717, 1.165) is 20.4 Å². The van der Waals surface area contributed by atoms with Gasteiger partial charge in [-0.3, -0.25) is 9.59 Å². The van der Waals surface area contributed by atoms with Crippen molar-refractivity contribution in [2.45, 2.75) is 18.6 Å². The average molecular weight is 376 g/mol. The van der Waals surface area contributed by atoms with Crippen LogP contribution in [0.4, 0.5) is 0 Å². The van der Waals surface area contributed by atoms with Crippen molar-refractivity contribution in [2.75, 3.05) is 0 Å². The number of halogens is 1. The van der Waals surface area contributed by atoms with Gasteiger partial charge in [-0.05, 0) is 35.0 Å². The van der Waals surface area contributed by atoms with Gasteiger partial charge in [0, 0.05) is 6.42 Å². The molecule has 20 heavy (non-hydrogen) atoms. The Bertz CT molecular complexity index is 612. The van der Waals surface area contributed by atoms with E-state index in [9.17, 15) is 9.59 Å². The van der Waals surface area contributed by atoms with Crippen molar-refractivity contribution < 1.29 is 14.7 Å². The minimum atomic E-state index is -1.03. The topological polar surface area (TPSA) is 91.1 Å². The summed E-state index contributed by atoms with van der Waals surface area (Å²) in [5.74, 6) is -1.39. The van der Waals surface area contributed by atoms with Gasteiger partial charge in [0.25, 0.3) is 0 Å². The molecule has 2 heterocycles. The quantitative estimate of drug-likeness (QED) is 0.626. The molecule has 0 bridgehead atoms. The molecule has 2 N–H and O–H groups in total. The Balaban J connectivity index is 2.13. The van der Waals surface area contributed by atoms with Crippen molar-refractivity contribution in [1.29, 1.82) is 0 Å². The third-order valence-corrected chi connectivity index (χ3v) is 5.16. The van der Waals surface area contributed by atoms with Gasteiger partial charge in [-0.25, -0.2) is 0 Å². The van der Waals surface area contributed by atoms with Crippen LogP contribution in [0.3, 0.4) is 0 Å². The lowest BCUT2D eigenvalue weighted by atomic mass is 10.3. The Hall–Kier alpha value is -1.19. The fourth-order valence-electron chi connectivity index (χ4n) is 1.41. The van der Waals surface area contributed by atoms with Crippen molar-refractivity contribution in [3.63, 3.8) is 0 Å². The highest BCUT2D eigenvalue weighted by Crippen LogP contribution is 2.23. The zero-order chi connectivity index (χ0) is 14.7. The second-order valence-electron chi connectivity index (χ2n) is 3.89. The summed E-state index contributed by atoms with van der Waals surface area (Å²) in [6.07, 6.45) is -0.0560. The Morgan fingerprint density at radius 2 is 2.30 bits per heavy atom. The van der Waals surface area contributed by atoms with Crippen molar-refractivity contribution in [3.8, 4) is 0 Å². The largest absolute Gasteiger partial charge is 0.480 e. The van der Waals surface area contributed by atoms with E-state index < -0.39 is 11.2 Å². The van der Waals surface area contributed by atoms with Crippen LogP contribution in [0.2, 0.25) is 0 Å². The smallest absolute Gasteiger partial charge is 0.317 e. The van der Waals surface area contributed by atoms with E-state index in [1.54, 1.807) is 6.92 Å². The number of amidine groups is 1. The normalized spacial score (nSPS) is 21.9. The minimum absolute atomic E-state index is 0.0560. The predicted octanol–water partition coefficient (Wildman–Crippen LogP) is 2.30. The van der Waals surface area contributed by atoms with Crippen LogP contribution in [0.5, 0.6) is 0 Å². The van der Waals surface area contributed by atoms with Crippen LogP contribution in [0, 0.1) is 0 Å². The summed E-state index contributed by atoms with van der Waals surface area (Å²) in [4.78, 5) is 23.2. The second kappa shape index (κ2) is 6.51. The molecule has 0 saturated carbocycles. The standard InChI is InChI=1S/C11H10BrN3O3S2/c1-5(6-2-3-8(12)19-6)14-15-11-13-9(16)4-7(20-11)10(17)18/h2-3,7H,4H2,1H3,(H,17,18)(H,13,15,16)/b14-5-/t7-/m0/s1. The van der Waals surface area contributed by atoms with E-state index in [2.05, 4.69) is 31.4 Å². The number of nitrogens with zero attached hydrogens (tertiary/aromatic N) is 2. The van der Waals surface area contributed by atoms with Crippen LogP contribution >= 0.6 is 39.0 Å². The summed E-state index contributed by atoms with van der Waals surface area (Å²) >= 11 is 5.87.